The van der Waals surface area contributed by atoms with Gasteiger partial charge in [0.25, 0.3) is 0 Å². The minimum Gasteiger partial charge on any atom is -0.376 e. The van der Waals surface area contributed by atoms with Crippen molar-refractivity contribution in [2.24, 2.45) is 0 Å². The van der Waals surface area contributed by atoms with Crippen molar-refractivity contribution in [2.75, 3.05) is 5.32 Å². The molecule has 0 aliphatic carbocycles. The molecule has 3 aromatic carbocycles. The average molecular weight is 336 g/mol. The van der Waals surface area contributed by atoms with Gasteiger partial charge >= 0.3 is 0 Å². The van der Waals surface area contributed by atoms with Crippen LogP contribution >= 0.6 is 0 Å². The summed E-state index contributed by atoms with van der Waals surface area (Å²) in [7, 11) is 0. The van der Waals surface area contributed by atoms with Crippen LogP contribution in [0.25, 0.3) is 22.2 Å². The summed E-state index contributed by atoms with van der Waals surface area (Å²) in [5.74, 6) is 0. The van der Waals surface area contributed by atoms with Crippen molar-refractivity contribution in [3.63, 3.8) is 0 Å². The van der Waals surface area contributed by atoms with Gasteiger partial charge in [0.05, 0.1) is 22.9 Å². The number of anilines is 1. The van der Waals surface area contributed by atoms with E-state index in [-0.39, 0.29) is 0 Å². The number of hydrogen-bond donors (Lipinski definition) is 1. The minimum atomic E-state index is 0.344. The Kier molecular flexibility index (Phi) is 3.67. The van der Waals surface area contributed by atoms with Crippen molar-refractivity contribution in [3.05, 3.63) is 96.1 Å². The molecule has 2 heterocycles. The van der Waals surface area contributed by atoms with Crippen LogP contribution < -0.4 is 5.32 Å². The molecule has 1 aliphatic rings. The van der Waals surface area contributed by atoms with Crippen molar-refractivity contribution in [2.45, 2.75) is 18.9 Å². The van der Waals surface area contributed by atoms with Crippen molar-refractivity contribution in [1.82, 2.24) is 4.98 Å². The summed E-state index contributed by atoms with van der Waals surface area (Å²) in [4.78, 5) is 5.02. The monoisotopic (exact) mass is 336 g/mol. The number of pyridine rings is 1. The maximum absolute atomic E-state index is 5.02. The molecule has 1 atom stereocenters. The molecule has 2 nitrogen and oxygen atoms in total. The first-order valence-electron chi connectivity index (χ1n) is 9.18. The molecular weight excluding hydrogens is 316 g/mol. The lowest BCUT2D eigenvalue weighted by molar-refractivity contribution is 0.669. The minimum absolute atomic E-state index is 0.344. The van der Waals surface area contributed by atoms with Crippen LogP contribution in [0.2, 0.25) is 0 Å². The van der Waals surface area contributed by atoms with Gasteiger partial charge in [-0.2, -0.15) is 0 Å². The molecule has 0 unspecified atom stereocenters. The molecule has 126 valence electrons. The summed E-state index contributed by atoms with van der Waals surface area (Å²) in [5.41, 5.74) is 7.15. The van der Waals surface area contributed by atoms with E-state index in [2.05, 4.69) is 84.2 Å². The number of hydrogen-bond acceptors (Lipinski definition) is 2. The van der Waals surface area contributed by atoms with Crippen LogP contribution in [0.1, 0.15) is 23.6 Å². The fourth-order valence-electron chi connectivity index (χ4n) is 3.85. The summed E-state index contributed by atoms with van der Waals surface area (Å²) in [6.45, 7) is 0. The number of aryl methyl sites for hydroxylation is 1. The first-order valence-corrected chi connectivity index (χ1v) is 9.18. The topological polar surface area (TPSA) is 24.9 Å². The molecule has 1 aliphatic heterocycles. The zero-order valence-electron chi connectivity index (χ0n) is 14.5. The third-order valence-corrected chi connectivity index (χ3v) is 5.24. The number of rotatable bonds is 2. The molecule has 0 saturated carbocycles. The Morgan fingerprint density at radius 3 is 2.31 bits per heavy atom. The van der Waals surface area contributed by atoms with Crippen molar-refractivity contribution >= 4 is 16.6 Å². The van der Waals surface area contributed by atoms with Crippen LogP contribution in [0.3, 0.4) is 0 Å². The standard InChI is InChI=1S/C24H20N2/c1-3-7-17(8-4-1)21-15-13-19-11-12-20-14-16-22(18-9-5-2-6-10-18)26-24(20)23(19)25-21/h1-13,15,22,26H,14,16H2/t22-/m1/s1. The number of nitrogens with zero attached hydrogens (tertiary/aromatic N) is 1. The first kappa shape index (κ1) is 15.2. The van der Waals surface area contributed by atoms with Gasteiger partial charge in [0.1, 0.15) is 0 Å². The molecule has 5 rings (SSSR count). The second kappa shape index (κ2) is 6.30. The molecule has 1 aromatic heterocycles. The lowest BCUT2D eigenvalue weighted by atomic mass is 9.92. The van der Waals surface area contributed by atoms with E-state index >= 15 is 0 Å². The highest BCUT2D eigenvalue weighted by Crippen LogP contribution is 2.37. The van der Waals surface area contributed by atoms with Crippen LogP contribution in [0.4, 0.5) is 5.69 Å². The fraction of sp³-hybridized carbons (Fsp3) is 0.125. The molecule has 0 amide bonds. The van der Waals surface area contributed by atoms with Crippen LogP contribution in [0.15, 0.2) is 84.9 Å². The number of aromatic nitrogens is 1. The van der Waals surface area contributed by atoms with Crippen molar-refractivity contribution < 1.29 is 0 Å². The highest BCUT2D eigenvalue weighted by Gasteiger charge is 2.21. The zero-order chi connectivity index (χ0) is 17.3. The van der Waals surface area contributed by atoms with Gasteiger partial charge in [-0.1, -0.05) is 78.9 Å². The third kappa shape index (κ3) is 2.64. The maximum atomic E-state index is 5.02. The number of benzene rings is 3. The number of nitrogens with one attached hydrogen (secondary N) is 1. The van der Waals surface area contributed by atoms with Crippen LogP contribution in [-0.2, 0) is 6.42 Å². The molecule has 4 aromatic rings. The largest absolute Gasteiger partial charge is 0.376 e. The molecule has 0 spiro atoms. The van der Waals surface area contributed by atoms with Crippen LogP contribution in [0, 0.1) is 0 Å². The van der Waals surface area contributed by atoms with Crippen molar-refractivity contribution in [3.8, 4) is 11.3 Å². The zero-order valence-corrected chi connectivity index (χ0v) is 14.5. The average Bonchev–Trinajstić information content (AvgIpc) is 2.74. The highest BCUT2D eigenvalue weighted by atomic mass is 15.0. The lowest BCUT2D eigenvalue weighted by Crippen LogP contribution is -2.18. The Hall–Kier alpha value is -3.13. The Morgan fingerprint density at radius 2 is 1.50 bits per heavy atom. The predicted molar refractivity (Wildman–Crippen MR) is 108 cm³/mol. The Morgan fingerprint density at radius 1 is 0.769 bits per heavy atom. The van der Waals surface area contributed by atoms with Gasteiger partial charge < -0.3 is 5.32 Å². The van der Waals surface area contributed by atoms with E-state index in [1.165, 1.54) is 22.2 Å². The second-order valence-corrected chi connectivity index (χ2v) is 6.88. The van der Waals surface area contributed by atoms with Gasteiger partial charge in [0, 0.05) is 10.9 Å². The SMILES string of the molecule is c1ccc(-c2ccc3ccc4c(c3n2)N[C@@H](c2ccccc2)CC4)cc1. The van der Waals surface area contributed by atoms with Crippen LogP contribution in [-0.4, -0.2) is 4.98 Å². The van der Waals surface area contributed by atoms with E-state index < -0.39 is 0 Å². The molecule has 0 radical (unpaired) electrons. The van der Waals surface area contributed by atoms with Gasteiger partial charge in [0.2, 0.25) is 0 Å². The Labute approximate surface area is 153 Å². The molecule has 1 N–H and O–H groups in total. The highest BCUT2D eigenvalue weighted by molar-refractivity contribution is 5.94. The summed E-state index contributed by atoms with van der Waals surface area (Å²) >= 11 is 0. The quantitative estimate of drug-likeness (QED) is 0.485. The van der Waals surface area contributed by atoms with Crippen molar-refractivity contribution in [1.29, 1.82) is 0 Å². The summed E-state index contributed by atoms with van der Waals surface area (Å²) in [6.07, 6.45) is 2.19. The summed E-state index contributed by atoms with van der Waals surface area (Å²) in [6, 6.07) is 30.2. The number of fused-ring (bicyclic) bond motifs is 3. The van der Waals surface area contributed by atoms with E-state index in [4.69, 9.17) is 4.98 Å². The van der Waals surface area contributed by atoms with Gasteiger partial charge in [-0.3, -0.25) is 0 Å². The Bertz CT molecular complexity index is 1060. The summed E-state index contributed by atoms with van der Waals surface area (Å²) in [5, 5.41) is 4.96. The van der Waals surface area contributed by atoms with Gasteiger partial charge in [0.15, 0.2) is 0 Å². The normalized spacial score (nSPS) is 16.1. The molecule has 0 bridgehead atoms. The molecule has 26 heavy (non-hydrogen) atoms. The van der Waals surface area contributed by atoms with E-state index in [0.29, 0.717) is 6.04 Å². The van der Waals surface area contributed by atoms with E-state index in [0.717, 1.165) is 29.6 Å². The van der Waals surface area contributed by atoms with Gasteiger partial charge in [-0.25, -0.2) is 4.98 Å². The lowest BCUT2D eigenvalue weighted by Gasteiger charge is -2.28. The molecule has 0 fully saturated rings. The van der Waals surface area contributed by atoms with E-state index in [1.807, 2.05) is 6.07 Å². The Balaban J connectivity index is 1.61. The van der Waals surface area contributed by atoms with Gasteiger partial charge in [-0.05, 0) is 30.0 Å². The van der Waals surface area contributed by atoms with Gasteiger partial charge in [-0.15, -0.1) is 0 Å². The van der Waals surface area contributed by atoms with E-state index in [9.17, 15) is 0 Å². The fourth-order valence-corrected chi connectivity index (χ4v) is 3.85. The predicted octanol–water partition coefficient (Wildman–Crippen LogP) is 6.00. The van der Waals surface area contributed by atoms with Crippen LogP contribution in [0.5, 0.6) is 0 Å². The third-order valence-electron chi connectivity index (χ3n) is 5.24. The smallest absolute Gasteiger partial charge is 0.0943 e. The van der Waals surface area contributed by atoms with E-state index in [1.54, 1.807) is 0 Å². The molecule has 0 saturated heterocycles. The maximum Gasteiger partial charge on any atom is 0.0943 e. The molecule has 2 heteroatoms. The molecular formula is C24H20N2. The first-order chi connectivity index (χ1) is 12.9. The summed E-state index contributed by atoms with van der Waals surface area (Å²) < 4.78 is 0. The second-order valence-electron chi connectivity index (χ2n) is 6.88.